The van der Waals surface area contributed by atoms with Crippen molar-refractivity contribution in [1.82, 2.24) is 14.8 Å². The van der Waals surface area contributed by atoms with Crippen LogP contribution < -0.4 is 10.6 Å². The molecule has 1 atom stereocenters. The van der Waals surface area contributed by atoms with Crippen molar-refractivity contribution in [2.24, 2.45) is 0 Å². The molecule has 1 amide bonds. The highest BCUT2D eigenvalue weighted by Gasteiger charge is 2.25. The molecule has 2 aromatic carbocycles. The minimum atomic E-state index is -0.297. The van der Waals surface area contributed by atoms with Gasteiger partial charge in [-0.3, -0.25) is 10.1 Å². The van der Waals surface area contributed by atoms with Crippen LogP contribution in [-0.4, -0.2) is 20.7 Å². The van der Waals surface area contributed by atoms with E-state index in [1.54, 1.807) is 23.7 Å². The number of anilines is 2. The maximum absolute atomic E-state index is 13.4. The predicted octanol–water partition coefficient (Wildman–Crippen LogP) is 3.82. The molecular weight excluding hydrogens is 345 g/mol. The second kappa shape index (κ2) is 7.03. The minimum absolute atomic E-state index is 0.160. The number of aromatic nitrogens is 3. The minimum Gasteiger partial charge on any atom is -0.324 e. The Hall–Kier alpha value is -3.48. The third kappa shape index (κ3) is 3.44. The van der Waals surface area contributed by atoms with Crippen LogP contribution in [0.25, 0.3) is 5.70 Å². The van der Waals surface area contributed by atoms with Gasteiger partial charge < -0.3 is 5.32 Å². The summed E-state index contributed by atoms with van der Waals surface area (Å²) in [7, 11) is 0. The third-order valence-electron chi connectivity index (χ3n) is 4.33. The molecule has 4 rings (SSSR count). The maximum atomic E-state index is 13.4. The third-order valence-corrected chi connectivity index (χ3v) is 4.33. The van der Waals surface area contributed by atoms with E-state index >= 15 is 0 Å². The van der Waals surface area contributed by atoms with Crippen molar-refractivity contribution in [3.63, 3.8) is 0 Å². The molecular formula is C20H18FN5O. The number of allylic oxidation sites excluding steroid dienone is 1. The Morgan fingerprint density at radius 1 is 1.19 bits per heavy atom. The summed E-state index contributed by atoms with van der Waals surface area (Å²) in [5.41, 5.74) is 2.74. The molecule has 1 aliphatic heterocycles. The van der Waals surface area contributed by atoms with Crippen LogP contribution >= 0.6 is 0 Å². The van der Waals surface area contributed by atoms with Gasteiger partial charge in [-0.15, -0.1) is 5.10 Å². The molecule has 2 N–H and O–H groups in total. The lowest BCUT2D eigenvalue weighted by molar-refractivity contribution is -0.115. The lowest BCUT2D eigenvalue weighted by Gasteiger charge is -2.24. The van der Waals surface area contributed by atoms with Crippen LogP contribution in [0.4, 0.5) is 16.3 Å². The van der Waals surface area contributed by atoms with Gasteiger partial charge in [-0.1, -0.05) is 49.4 Å². The van der Waals surface area contributed by atoms with Crippen molar-refractivity contribution < 1.29 is 9.18 Å². The molecule has 6 nitrogen and oxygen atoms in total. The van der Waals surface area contributed by atoms with Crippen LogP contribution in [0.3, 0.4) is 0 Å². The van der Waals surface area contributed by atoms with E-state index in [0.717, 1.165) is 16.8 Å². The first-order chi connectivity index (χ1) is 13.1. The van der Waals surface area contributed by atoms with Crippen LogP contribution in [0.5, 0.6) is 0 Å². The molecule has 27 heavy (non-hydrogen) atoms. The number of nitrogens with zero attached hydrogens (tertiary/aromatic N) is 3. The highest BCUT2D eigenvalue weighted by molar-refractivity contribution is 5.89. The number of rotatable bonds is 4. The normalized spacial score (nSPS) is 15.5. The molecule has 136 valence electrons. The van der Waals surface area contributed by atoms with Crippen molar-refractivity contribution in [1.29, 1.82) is 0 Å². The van der Waals surface area contributed by atoms with E-state index in [2.05, 4.69) is 20.7 Å². The number of amides is 1. The standard InChI is InChI=1S/C20H18FN5O/c1-2-18(27)23-19-24-20-22-16(13-6-4-3-5-7-13)12-17(26(20)25-19)14-8-10-15(21)11-9-14/h3-12,17H,2H2,1H3,(H2,22,23,24,25,27). The SMILES string of the molecule is CCC(=O)Nc1nc2n(n1)C(c1ccc(F)cc1)C=C(c1ccccc1)N2. The lowest BCUT2D eigenvalue weighted by atomic mass is 10.0. The van der Waals surface area contributed by atoms with Crippen LogP contribution in [0.15, 0.2) is 60.7 Å². The molecule has 0 saturated heterocycles. The summed E-state index contributed by atoms with van der Waals surface area (Å²) < 4.78 is 15.1. The molecule has 0 aliphatic carbocycles. The van der Waals surface area contributed by atoms with Gasteiger partial charge in [0.15, 0.2) is 0 Å². The second-order valence-corrected chi connectivity index (χ2v) is 6.17. The Labute approximate surface area is 155 Å². The summed E-state index contributed by atoms with van der Waals surface area (Å²) in [6, 6.07) is 15.9. The van der Waals surface area contributed by atoms with Crippen molar-refractivity contribution in [2.45, 2.75) is 19.4 Å². The van der Waals surface area contributed by atoms with Crippen LogP contribution in [0, 0.1) is 5.82 Å². The summed E-state index contributed by atoms with van der Waals surface area (Å²) in [6.45, 7) is 1.76. The van der Waals surface area contributed by atoms with Gasteiger partial charge >= 0.3 is 0 Å². The van der Waals surface area contributed by atoms with Gasteiger partial charge in [0.2, 0.25) is 11.9 Å². The number of hydrogen-bond acceptors (Lipinski definition) is 4. The molecule has 2 heterocycles. The van der Waals surface area contributed by atoms with Crippen LogP contribution in [0.1, 0.15) is 30.5 Å². The van der Waals surface area contributed by atoms with Crippen molar-refractivity contribution in [3.05, 3.63) is 77.6 Å². The Morgan fingerprint density at radius 2 is 1.93 bits per heavy atom. The Balaban J connectivity index is 1.77. The number of fused-ring (bicyclic) bond motifs is 1. The van der Waals surface area contributed by atoms with Gasteiger partial charge in [0.1, 0.15) is 11.9 Å². The molecule has 1 aliphatic rings. The average molecular weight is 363 g/mol. The van der Waals surface area contributed by atoms with E-state index in [0.29, 0.717) is 12.4 Å². The summed E-state index contributed by atoms with van der Waals surface area (Å²) in [4.78, 5) is 16.1. The molecule has 7 heteroatoms. The van der Waals surface area contributed by atoms with Gasteiger partial charge in [-0.2, -0.15) is 4.98 Å². The molecule has 0 saturated carbocycles. The zero-order chi connectivity index (χ0) is 18.8. The van der Waals surface area contributed by atoms with Gasteiger partial charge in [0.05, 0.1) is 0 Å². The summed E-state index contributed by atoms with van der Waals surface area (Å²) >= 11 is 0. The fourth-order valence-electron chi connectivity index (χ4n) is 2.94. The largest absolute Gasteiger partial charge is 0.324 e. The Bertz CT molecular complexity index is 995. The van der Waals surface area contributed by atoms with Gasteiger partial charge in [-0.05, 0) is 29.3 Å². The summed E-state index contributed by atoms with van der Waals surface area (Å²) in [5.74, 6) is 0.290. The van der Waals surface area contributed by atoms with E-state index in [9.17, 15) is 9.18 Å². The zero-order valence-corrected chi connectivity index (χ0v) is 14.7. The number of carbonyl (C=O) groups is 1. The van der Waals surface area contributed by atoms with Crippen molar-refractivity contribution in [3.8, 4) is 0 Å². The average Bonchev–Trinajstić information content (AvgIpc) is 3.10. The molecule has 1 unspecified atom stereocenters. The number of nitrogens with one attached hydrogen (secondary N) is 2. The van der Waals surface area contributed by atoms with E-state index in [4.69, 9.17) is 0 Å². The summed E-state index contributed by atoms with van der Waals surface area (Å²) in [6.07, 6.45) is 2.35. The molecule has 0 bridgehead atoms. The maximum Gasteiger partial charge on any atom is 0.250 e. The first kappa shape index (κ1) is 17.0. The highest BCUT2D eigenvalue weighted by Crippen LogP contribution is 2.33. The number of hydrogen-bond donors (Lipinski definition) is 2. The highest BCUT2D eigenvalue weighted by atomic mass is 19.1. The molecule has 3 aromatic rings. The molecule has 0 radical (unpaired) electrons. The van der Waals surface area contributed by atoms with Crippen molar-refractivity contribution in [2.75, 3.05) is 10.6 Å². The smallest absolute Gasteiger partial charge is 0.250 e. The summed E-state index contributed by atoms with van der Waals surface area (Å²) in [5, 5.41) is 10.4. The van der Waals surface area contributed by atoms with E-state index in [1.165, 1.54) is 12.1 Å². The fraction of sp³-hybridized carbons (Fsp3) is 0.150. The zero-order valence-electron chi connectivity index (χ0n) is 14.7. The number of benzene rings is 2. The number of halogens is 1. The quantitative estimate of drug-likeness (QED) is 0.739. The van der Waals surface area contributed by atoms with E-state index < -0.39 is 0 Å². The first-order valence-electron chi connectivity index (χ1n) is 8.70. The second-order valence-electron chi connectivity index (χ2n) is 6.17. The van der Waals surface area contributed by atoms with E-state index in [1.807, 2.05) is 36.4 Å². The van der Waals surface area contributed by atoms with E-state index in [-0.39, 0.29) is 23.7 Å². The van der Waals surface area contributed by atoms with Crippen LogP contribution in [0.2, 0.25) is 0 Å². The van der Waals surface area contributed by atoms with Crippen molar-refractivity contribution >= 4 is 23.5 Å². The van der Waals surface area contributed by atoms with Gasteiger partial charge in [-0.25, -0.2) is 9.07 Å². The molecule has 1 aromatic heterocycles. The van der Waals surface area contributed by atoms with Gasteiger partial charge in [0, 0.05) is 12.1 Å². The lowest BCUT2D eigenvalue weighted by Crippen LogP contribution is -2.20. The first-order valence-corrected chi connectivity index (χ1v) is 8.70. The molecule has 0 fully saturated rings. The predicted molar refractivity (Wildman–Crippen MR) is 102 cm³/mol. The van der Waals surface area contributed by atoms with Gasteiger partial charge in [0.25, 0.3) is 5.95 Å². The molecule has 0 spiro atoms. The number of carbonyl (C=O) groups excluding carboxylic acids is 1. The topological polar surface area (TPSA) is 71.8 Å². The van der Waals surface area contributed by atoms with Crippen LogP contribution in [-0.2, 0) is 4.79 Å². The Morgan fingerprint density at radius 3 is 2.63 bits per heavy atom. The monoisotopic (exact) mass is 363 g/mol. The fourth-order valence-corrected chi connectivity index (χ4v) is 2.94. The Kier molecular flexibility index (Phi) is 4.42.